The molecule has 3 unspecified atom stereocenters. The maximum absolute atomic E-state index is 10.0. The van der Waals surface area contributed by atoms with E-state index in [4.69, 9.17) is 0 Å². The van der Waals surface area contributed by atoms with Gasteiger partial charge in [-0.2, -0.15) is 0 Å². The van der Waals surface area contributed by atoms with E-state index in [0.717, 1.165) is 18.7 Å². The van der Waals surface area contributed by atoms with Gasteiger partial charge < -0.3 is 5.11 Å². The van der Waals surface area contributed by atoms with E-state index in [9.17, 15) is 5.11 Å². The lowest BCUT2D eigenvalue weighted by molar-refractivity contribution is 0.0241. The van der Waals surface area contributed by atoms with Crippen LogP contribution in [-0.4, -0.2) is 46.6 Å². The molecule has 0 aliphatic carbocycles. The first kappa shape index (κ1) is 18.0. The van der Waals surface area contributed by atoms with Gasteiger partial charge in [0, 0.05) is 25.2 Å². The van der Waals surface area contributed by atoms with Gasteiger partial charge in [-0.05, 0) is 50.1 Å². The summed E-state index contributed by atoms with van der Waals surface area (Å²) in [6.45, 7) is 10.2. The molecule has 1 N–H and O–H groups in total. The van der Waals surface area contributed by atoms with Gasteiger partial charge >= 0.3 is 0 Å². The van der Waals surface area contributed by atoms with Crippen LogP contribution in [0, 0.1) is 0 Å². The molecule has 1 aliphatic rings. The maximum Gasteiger partial charge on any atom is 0.115 e. The monoisotopic (exact) mass is 338 g/mol. The smallest absolute Gasteiger partial charge is 0.115 e. The zero-order valence-corrected chi connectivity index (χ0v) is 15.6. The van der Waals surface area contributed by atoms with Gasteiger partial charge in [-0.25, -0.2) is 0 Å². The molecule has 2 aromatic rings. The number of phenols is 1. The summed E-state index contributed by atoms with van der Waals surface area (Å²) in [7, 11) is 0. The third kappa shape index (κ3) is 4.05. The van der Waals surface area contributed by atoms with Gasteiger partial charge in [0.2, 0.25) is 0 Å². The van der Waals surface area contributed by atoms with Crippen molar-refractivity contribution in [3.05, 3.63) is 65.7 Å². The second-order valence-electron chi connectivity index (χ2n) is 7.30. The molecule has 25 heavy (non-hydrogen) atoms. The molecule has 3 nitrogen and oxygen atoms in total. The minimum Gasteiger partial charge on any atom is -0.508 e. The van der Waals surface area contributed by atoms with Crippen LogP contribution >= 0.6 is 0 Å². The first-order chi connectivity index (χ1) is 12.1. The van der Waals surface area contributed by atoms with Gasteiger partial charge in [0.15, 0.2) is 0 Å². The van der Waals surface area contributed by atoms with Crippen molar-refractivity contribution in [2.75, 3.05) is 19.6 Å². The second-order valence-corrected chi connectivity index (χ2v) is 7.30. The Balaban J connectivity index is 1.95. The third-order valence-corrected chi connectivity index (χ3v) is 5.31. The second kappa shape index (κ2) is 8.03. The Bertz CT molecular complexity index is 673. The summed E-state index contributed by atoms with van der Waals surface area (Å²) in [5.41, 5.74) is 2.45. The number of phenolic OH excluding ortho intramolecular Hbond substituents is 1. The number of hydrogen-bond acceptors (Lipinski definition) is 3. The molecule has 2 aromatic carbocycles. The van der Waals surface area contributed by atoms with Crippen LogP contribution in [0.1, 0.15) is 44.4 Å². The van der Waals surface area contributed by atoms with Crippen LogP contribution in [0.2, 0.25) is 0 Å². The molecule has 0 aromatic heterocycles. The van der Waals surface area contributed by atoms with Crippen molar-refractivity contribution in [2.24, 2.45) is 0 Å². The molecule has 0 amide bonds. The first-order valence-electron chi connectivity index (χ1n) is 9.43. The Labute approximate surface area is 151 Å². The number of hydrogen-bond donors (Lipinski definition) is 1. The molecule has 1 fully saturated rings. The predicted octanol–water partition coefficient (Wildman–Crippen LogP) is 4.29. The normalized spacial score (nSPS) is 23.5. The van der Waals surface area contributed by atoms with Crippen LogP contribution in [0.5, 0.6) is 5.75 Å². The molecule has 0 saturated carbocycles. The van der Waals surface area contributed by atoms with E-state index in [2.05, 4.69) is 67.0 Å². The van der Waals surface area contributed by atoms with Crippen LogP contribution in [0.25, 0.3) is 0 Å². The fourth-order valence-corrected chi connectivity index (χ4v) is 4.09. The lowest BCUT2D eigenvalue weighted by Gasteiger charge is -2.47. The molecule has 3 rings (SSSR count). The highest BCUT2D eigenvalue weighted by Gasteiger charge is 2.34. The molecule has 1 aliphatic heterocycles. The Kier molecular flexibility index (Phi) is 5.77. The largest absolute Gasteiger partial charge is 0.508 e. The zero-order chi connectivity index (χ0) is 17.8. The fraction of sp³-hybridized carbons (Fsp3) is 0.455. The summed E-state index contributed by atoms with van der Waals surface area (Å²) < 4.78 is 0. The van der Waals surface area contributed by atoms with Crippen LogP contribution < -0.4 is 0 Å². The summed E-state index contributed by atoms with van der Waals surface area (Å²) >= 11 is 0. The van der Waals surface area contributed by atoms with Crippen molar-refractivity contribution in [3.63, 3.8) is 0 Å². The van der Waals surface area contributed by atoms with Gasteiger partial charge in [0.25, 0.3) is 0 Å². The predicted molar refractivity (Wildman–Crippen MR) is 104 cm³/mol. The van der Waals surface area contributed by atoms with Crippen LogP contribution in [0.15, 0.2) is 54.6 Å². The van der Waals surface area contributed by atoms with E-state index >= 15 is 0 Å². The Morgan fingerprint density at radius 1 is 0.960 bits per heavy atom. The highest BCUT2D eigenvalue weighted by Crippen LogP contribution is 2.34. The van der Waals surface area contributed by atoms with E-state index in [-0.39, 0.29) is 6.04 Å². The fourth-order valence-electron chi connectivity index (χ4n) is 4.09. The van der Waals surface area contributed by atoms with E-state index in [1.54, 1.807) is 6.07 Å². The summed E-state index contributed by atoms with van der Waals surface area (Å²) in [6, 6.07) is 19.6. The van der Waals surface area contributed by atoms with Crippen LogP contribution in [0.4, 0.5) is 0 Å². The first-order valence-corrected chi connectivity index (χ1v) is 9.43. The lowest BCUT2D eigenvalue weighted by atomic mass is 9.93. The summed E-state index contributed by atoms with van der Waals surface area (Å²) in [5, 5.41) is 10.0. The molecule has 3 atom stereocenters. The average Bonchev–Trinajstić information content (AvgIpc) is 2.60. The van der Waals surface area contributed by atoms with Gasteiger partial charge in [-0.15, -0.1) is 0 Å². The molecule has 1 saturated heterocycles. The molecular formula is C22H30N2O. The van der Waals surface area contributed by atoms with Gasteiger partial charge in [-0.1, -0.05) is 49.4 Å². The van der Waals surface area contributed by atoms with E-state index < -0.39 is 0 Å². The quantitative estimate of drug-likeness (QED) is 0.881. The molecule has 3 heteroatoms. The molecular weight excluding hydrogens is 308 g/mol. The number of benzene rings is 2. The standard InChI is InChI=1S/C22H30N2O/c1-4-13-23-15-18(3)24(16-17(23)2)22(19-9-6-5-7-10-19)20-11-8-12-21(25)14-20/h5-12,14,17-18,22,25H,4,13,15-16H2,1-3H3. The van der Waals surface area contributed by atoms with Crippen molar-refractivity contribution >= 4 is 0 Å². The molecule has 134 valence electrons. The Morgan fingerprint density at radius 3 is 2.36 bits per heavy atom. The van der Waals surface area contributed by atoms with Crippen molar-refractivity contribution < 1.29 is 5.11 Å². The highest BCUT2D eigenvalue weighted by atomic mass is 16.3. The molecule has 1 heterocycles. The lowest BCUT2D eigenvalue weighted by Crippen LogP contribution is -2.57. The minimum absolute atomic E-state index is 0.175. The minimum atomic E-state index is 0.175. The number of nitrogens with zero attached hydrogens (tertiary/aromatic N) is 2. The van der Waals surface area contributed by atoms with E-state index in [1.807, 2.05) is 12.1 Å². The van der Waals surface area contributed by atoms with Crippen LogP contribution in [0.3, 0.4) is 0 Å². The van der Waals surface area contributed by atoms with E-state index in [1.165, 1.54) is 18.5 Å². The zero-order valence-electron chi connectivity index (χ0n) is 15.6. The van der Waals surface area contributed by atoms with Crippen molar-refractivity contribution in [1.29, 1.82) is 0 Å². The SMILES string of the molecule is CCCN1CC(C)N(C(c2ccccc2)c2cccc(O)c2)CC1C. The summed E-state index contributed by atoms with van der Waals surface area (Å²) in [5.74, 6) is 0.337. The van der Waals surface area contributed by atoms with Crippen LogP contribution in [-0.2, 0) is 0 Å². The number of rotatable bonds is 5. The number of aromatic hydroxyl groups is 1. The number of piperazine rings is 1. The average molecular weight is 338 g/mol. The topological polar surface area (TPSA) is 26.7 Å². The van der Waals surface area contributed by atoms with Crippen molar-refractivity contribution in [2.45, 2.75) is 45.3 Å². The highest BCUT2D eigenvalue weighted by molar-refractivity contribution is 5.36. The summed E-state index contributed by atoms with van der Waals surface area (Å²) in [4.78, 5) is 5.20. The molecule has 0 bridgehead atoms. The molecule has 0 spiro atoms. The van der Waals surface area contributed by atoms with E-state index in [0.29, 0.717) is 17.8 Å². The third-order valence-electron chi connectivity index (χ3n) is 5.31. The van der Waals surface area contributed by atoms with Gasteiger partial charge in [0.05, 0.1) is 6.04 Å². The van der Waals surface area contributed by atoms with Crippen molar-refractivity contribution in [1.82, 2.24) is 9.80 Å². The Hall–Kier alpha value is -1.84. The van der Waals surface area contributed by atoms with Gasteiger partial charge in [-0.3, -0.25) is 9.80 Å². The maximum atomic E-state index is 10.0. The van der Waals surface area contributed by atoms with Gasteiger partial charge in [0.1, 0.15) is 5.75 Å². The molecule has 0 radical (unpaired) electrons. The van der Waals surface area contributed by atoms with Crippen molar-refractivity contribution in [3.8, 4) is 5.75 Å². The Morgan fingerprint density at radius 2 is 1.68 bits per heavy atom. The summed E-state index contributed by atoms with van der Waals surface area (Å²) in [6.07, 6.45) is 1.20.